The van der Waals surface area contributed by atoms with E-state index in [0.29, 0.717) is 25.5 Å². The van der Waals surface area contributed by atoms with Crippen LogP contribution in [0.15, 0.2) is 0 Å². The number of carbonyl (C=O) groups excluding carboxylic acids is 2. The van der Waals surface area contributed by atoms with Gasteiger partial charge in [0.25, 0.3) is 0 Å². The molecule has 98 valence electrons. The monoisotopic (exact) mass is 243 g/mol. The summed E-state index contributed by atoms with van der Waals surface area (Å²) < 4.78 is 9.85. The second-order valence-electron chi connectivity index (χ2n) is 4.70. The SMILES string of the molecule is COC(=O)C1CCCCN1C(=O)OCC(C)C. The first-order valence-corrected chi connectivity index (χ1v) is 6.07. The zero-order chi connectivity index (χ0) is 12.8. The highest BCUT2D eigenvalue weighted by molar-refractivity contribution is 5.81. The Morgan fingerprint density at radius 2 is 2.06 bits per heavy atom. The van der Waals surface area contributed by atoms with E-state index >= 15 is 0 Å². The van der Waals surface area contributed by atoms with Crippen LogP contribution in [0, 0.1) is 5.92 Å². The predicted molar refractivity (Wildman–Crippen MR) is 62.5 cm³/mol. The van der Waals surface area contributed by atoms with Crippen molar-refractivity contribution < 1.29 is 19.1 Å². The number of esters is 1. The molecule has 1 amide bonds. The number of piperidine rings is 1. The molecule has 17 heavy (non-hydrogen) atoms. The summed E-state index contributed by atoms with van der Waals surface area (Å²) in [4.78, 5) is 24.9. The highest BCUT2D eigenvalue weighted by Crippen LogP contribution is 2.19. The van der Waals surface area contributed by atoms with Crippen molar-refractivity contribution in [1.29, 1.82) is 0 Å². The summed E-state index contributed by atoms with van der Waals surface area (Å²) in [5.41, 5.74) is 0. The van der Waals surface area contributed by atoms with Gasteiger partial charge >= 0.3 is 12.1 Å². The summed E-state index contributed by atoms with van der Waals surface area (Å²) in [6.07, 6.45) is 2.09. The molecule has 5 heteroatoms. The zero-order valence-corrected chi connectivity index (χ0v) is 10.8. The first kappa shape index (κ1) is 13.8. The molecule has 0 N–H and O–H groups in total. The predicted octanol–water partition coefficient (Wildman–Crippen LogP) is 1.81. The van der Waals surface area contributed by atoms with Crippen LogP contribution in [0.1, 0.15) is 33.1 Å². The minimum absolute atomic E-state index is 0.292. The molecular weight excluding hydrogens is 222 g/mol. The van der Waals surface area contributed by atoms with Gasteiger partial charge in [0.05, 0.1) is 13.7 Å². The van der Waals surface area contributed by atoms with Crippen LogP contribution >= 0.6 is 0 Å². The van der Waals surface area contributed by atoms with Crippen LogP contribution in [0.3, 0.4) is 0 Å². The van der Waals surface area contributed by atoms with Crippen molar-refractivity contribution >= 4 is 12.1 Å². The Labute approximate surface area is 102 Å². The Morgan fingerprint density at radius 1 is 1.35 bits per heavy atom. The van der Waals surface area contributed by atoms with E-state index in [1.807, 2.05) is 13.8 Å². The molecule has 1 aliphatic heterocycles. The van der Waals surface area contributed by atoms with Gasteiger partial charge in [0.15, 0.2) is 0 Å². The van der Waals surface area contributed by atoms with Crippen molar-refractivity contribution in [1.82, 2.24) is 4.90 Å². The summed E-state index contributed by atoms with van der Waals surface area (Å²) in [6, 6.07) is -0.478. The molecule has 1 atom stereocenters. The summed E-state index contributed by atoms with van der Waals surface area (Å²) in [5, 5.41) is 0. The number of hydrogen-bond acceptors (Lipinski definition) is 4. The van der Waals surface area contributed by atoms with Crippen LogP contribution in [0.25, 0.3) is 0 Å². The van der Waals surface area contributed by atoms with Gasteiger partial charge < -0.3 is 9.47 Å². The number of ether oxygens (including phenoxy) is 2. The Balaban J connectivity index is 2.58. The molecule has 1 saturated heterocycles. The van der Waals surface area contributed by atoms with E-state index in [4.69, 9.17) is 9.47 Å². The second-order valence-corrected chi connectivity index (χ2v) is 4.70. The minimum Gasteiger partial charge on any atom is -0.467 e. The number of likely N-dealkylation sites (tertiary alicyclic amines) is 1. The van der Waals surface area contributed by atoms with Gasteiger partial charge in [-0.25, -0.2) is 9.59 Å². The van der Waals surface area contributed by atoms with E-state index in [1.54, 1.807) is 0 Å². The number of hydrogen-bond donors (Lipinski definition) is 0. The summed E-state index contributed by atoms with van der Waals surface area (Å²) in [7, 11) is 1.34. The highest BCUT2D eigenvalue weighted by Gasteiger charge is 2.33. The largest absolute Gasteiger partial charge is 0.467 e. The van der Waals surface area contributed by atoms with Gasteiger partial charge in [0.2, 0.25) is 0 Å². The topological polar surface area (TPSA) is 55.8 Å². The first-order chi connectivity index (χ1) is 8.06. The molecule has 0 aromatic carbocycles. The average molecular weight is 243 g/mol. The molecule has 0 radical (unpaired) electrons. The molecule has 0 aliphatic carbocycles. The van der Waals surface area contributed by atoms with Gasteiger partial charge in [-0.2, -0.15) is 0 Å². The average Bonchev–Trinajstić information content (AvgIpc) is 2.34. The van der Waals surface area contributed by atoms with Crippen molar-refractivity contribution in [2.45, 2.75) is 39.2 Å². The summed E-state index contributed by atoms with van der Waals surface area (Å²) >= 11 is 0. The minimum atomic E-state index is -0.478. The van der Waals surface area contributed by atoms with Crippen molar-refractivity contribution in [2.24, 2.45) is 5.92 Å². The standard InChI is InChI=1S/C12H21NO4/c1-9(2)8-17-12(15)13-7-5-4-6-10(13)11(14)16-3/h9-10H,4-8H2,1-3H3. The van der Waals surface area contributed by atoms with Gasteiger partial charge in [-0.3, -0.25) is 4.90 Å². The van der Waals surface area contributed by atoms with Crippen LogP contribution in [0.4, 0.5) is 4.79 Å². The van der Waals surface area contributed by atoms with E-state index in [0.717, 1.165) is 12.8 Å². The molecule has 5 nitrogen and oxygen atoms in total. The van der Waals surface area contributed by atoms with Crippen LogP contribution in [0.5, 0.6) is 0 Å². The lowest BCUT2D eigenvalue weighted by Crippen LogP contribution is -2.48. The van der Waals surface area contributed by atoms with E-state index in [-0.39, 0.29) is 5.97 Å². The molecule has 1 heterocycles. The number of carbonyl (C=O) groups is 2. The molecular formula is C12H21NO4. The van der Waals surface area contributed by atoms with Crippen molar-refractivity contribution in [3.63, 3.8) is 0 Å². The summed E-state index contributed by atoms with van der Waals surface area (Å²) in [6.45, 7) is 4.89. The number of methoxy groups -OCH3 is 1. The van der Waals surface area contributed by atoms with E-state index < -0.39 is 12.1 Å². The lowest BCUT2D eigenvalue weighted by molar-refractivity contribution is -0.147. The maximum Gasteiger partial charge on any atom is 0.410 e. The van der Waals surface area contributed by atoms with Gasteiger partial charge in [-0.15, -0.1) is 0 Å². The fourth-order valence-electron chi connectivity index (χ4n) is 1.85. The molecule has 1 fully saturated rings. The van der Waals surface area contributed by atoms with Crippen molar-refractivity contribution in [3.05, 3.63) is 0 Å². The molecule has 1 unspecified atom stereocenters. The molecule has 0 spiro atoms. The number of amides is 1. The molecule has 1 rings (SSSR count). The molecule has 0 bridgehead atoms. The van der Waals surface area contributed by atoms with Crippen LogP contribution in [-0.4, -0.2) is 43.3 Å². The number of nitrogens with zero attached hydrogens (tertiary/aromatic N) is 1. The van der Waals surface area contributed by atoms with E-state index in [9.17, 15) is 9.59 Å². The second kappa shape index (κ2) is 6.47. The Hall–Kier alpha value is -1.26. The van der Waals surface area contributed by atoms with Crippen molar-refractivity contribution in [3.8, 4) is 0 Å². The maximum atomic E-state index is 11.8. The van der Waals surface area contributed by atoms with Crippen LogP contribution in [0.2, 0.25) is 0 Å². The van der Waals surface area contributed by atoms with Crippen LogP contribution < -0.4 is 0 Å². The molecule has 0 aromatic rings. The Morgan fingerprint density at radius 3 is 2.65 bits per heavy atom. The maximum absolute atomic E-state index is 11.8. The lowest BCUT2D eigenvalue weighted by atomic mass is 10.0. The molecule has 0 saturated carbocycles. The third-order valence-corrected chi connectivity index (χ3v) is 2.75. The first-order valence-electron chi connectivity index (χ1n) is 6.07. The van der Waals surface area contributed by atoms with E-state index in [2.05, 4.69) is 0 Å². The highest BCUT2D eigenvalue weighted by atomic mass is 16.6. The Bertz CT molecular complexity index is 278. The van der Waals surface area contributed by atoms with Gasteiger partial charge in [0.1, 0.15) is 6.04 Å². The number of rotatable bonds is 3. The third-order valence-electron chi connectivity index (χ3n) is 2.75. The quantitative estimate of drug-likeness (QED) is 0.709. The molecule has 0 aromatic heterocycles. The van der Waals surface area contributed by atoms with Gasteiger partial charge in [-0.05, 0) is 25.2 Å². The molecule has 1 aliphatic rings. The summed E-state index contributed by atoms with van der Waals surface area (Å²) in [5.74, 6) is -0.0634. The fraction of sp³-hybridized carbons (Fsp3) is 0.833. The van der Waals surface area contributed by atoms with Gasteiger partial charge in [-0.1, -0.05) is 13.8 Å². The lowest BCUT2D eigenvalue weighted by Gasteiger charge is -2.32. The van der Waals surface area contributed by atoms with Crippen LogP contribution in [-0.2, 0) is 14.3 Å². The Kier molecular flexibility index (Phi) is 5.25. The normalized spacial score (nSPS) is 20.2. The zero-order valence-electron chi connectivity index (χ0n) is 10.8. The third kappa shape index (κ3) is 3.91. The smallest absolute Gasteiger partial charge is 0.410 e. The van der Waals surface area contributed by atoms with Crippen molar-refractivity contribution in [2.75, 3.05) is 20.3 Å². The van der Waals surface area contributed by atoms with E-state index in [1.165, 1.54) is 12.0 Å². The van der Waals surface area contributed by atoms with Gasteiger partial charge in [0, 0.05) is 6.54 Å². The fourth-order valence-corrected chi connectivity index (χ4v) is 1.85.